The van der Waals surface area contributed by atoms with E-state index < -0.39 is 0 Å². The molecule has 0 fully saturated rings. The molecule has 0 bridgehead atoms. The summed E-state index contributed by atoms with van der Waals surface area (Å²) in [7, 11) is 2.11. The van der Waals surface area contributed by atoms with Crippen LogP contribution in [0.15, 0.2) is 54.7 Å². The van der Waals surface area contributed by atoms with Crippen molar-refractivity contribution in [2.45, 2.75) is 19.5 Å². The lowest BCUT2D eigenvalue weighted by atomic mass is 10.0. The quantitative estimate of drug-likeness (QED) is 0.634. The van der Waals surface area contributed by atoms with Crippen molar-refractivity contribution in [2.24, 2.45) is 0 Å². The molecular formula is C25H25FN6O. The van der Waals surface area contributed by atoms with E-state index in [4.69, 9.17) is 5.73 Å². The smallest absolute Gasteiger partial charge is 0.323 e. The number of likely N-dealkylation sites (N-methyl/N-ethyl adjacent to an activating group) is 1. The summed E-state index contributed by atoms with van der Waals surface area (Å²) in [6.45, 7) is 2.92. The number of halogens is 1. The van der Waals surface area contributed by atoms with E-state index in [1.54, 1.807) is 29.2 Å². The van der Waals surface area contributed by atoms with E-state index in [2.05, 4.69) is 39.4 Å². The van der Waals surface area contributed by atoms with Gasteiger partial charge in [-0.15, -0.1) is 0 Å². The summed E-state index contributed by atoms with van der Waals surface area (Å²) in [5.74, 6) is -0.0332. The molecule has 0 unspecified atom stereocenters. The van der Waals surface area contributed by atoms with Gasteiger partial charge < -0.3 is 15.5 Å². The maximum atomic E-state index is 13.2. The van der Waals surface area contributed by atoms with Crippen molar-refractivity contribution in [3.63, 3.8) is 0 Å². The van der Waals surface area contributed by atoms with Crippen LogP contribution in [0.1, 0.15) is 23.2 Å². The maximum absolute atomic E-state index is 13.2. The zero-order valence-electron chi connectivity index (χ0n) is 18.4. The largest absolute Gasteiger partial charge is 0.396 e. The fourth-order valence-electron chi connectivity index (χ4n) is 4.14. The number of urea groups is 1. The molecule has 1 aromatic carbocycles. The summed E-state index contributed by atoms with van der Waals surface area (Å²) < 4.78 is 13.2. The predicted octanol–water partition coefficient (Wildman–Crippen LogP) is 4.13. The Morgan fingerprint density at radius 3 is 2.64 bits per heavy atom. The number of anilines is 2. The van der Waals surface area contributed by atoms with Gasteiger partial charge in [-0.2, -0.15) is 0 Å². The Bertz CT molecular complexity index is 1240. The minimum atomic E-state index is -0.318. The summed E-state index contributed by atoms with van der Waals surface area (Å²) >= 11 is 0. The standard InChI is InChI=1S/C25H25FN6O/c1-31-10-8-17(9-11-31)23-12-18-14-32(15-19(18)13-28-23)25(33)30-24-21(27)6-7-22(29-24)16-2-4-20(26)5-3-16/h2-8,12-13H,9-11,14-15,27H2,1H3,(H,29,30,33). The number of hydrogen-bond donors (Lipinski definition) is 2. The monoisotopic (exact) mass is 444 g/mol. The van der Waals surface area contributed by atoms with Crippen molar-refractivity contribution in [3.8, 4) is 11.3 Å². The molecule has 2 aliphatic heterocycles. The summed E-state index contributed by atoms with van der Waals surface area (Å²) in [5, 5.41) is 2.83. The predicted molar refractivity (Wildman–Crippen MR) is 127 cm³/mol. The molecule has 3 aromatic rings. The van der Waals surface area contributed by atoms with Gasteiger partial charge in [-0.25, -0.2) is 14.2 Å². The molecule has 7 nitrogen and oxygen atoms in total. The number of nitrogens with zero attached hydrogens (tertiary/aromatic N) is 4. The van der Waals surface area contributed by atoms with Gasteiger partial charge in [0.1, 0.15) is 5.82 Å². The SMILES string of the molecule is CN1CC=C(c2cc3c(cn2)CN(C(=O)Nc2nc(-c4ccc(F)cc4)ccc2N)C3)CC1. The number of nitrogens with one attached hydrogen (secondary N) is 1. The van der Waals surface area contributed by atoms with E-state index in [0.717, 1.165) is 41.9 Å². The summed E-state index contributed by atoms with van der Waals surface area (Å²) in [5.41, 5.74) is 12.2. The van der Waals surface area contributed by atoms with Gasteiger partial charge in [0.25, 0.3) is 0 Å². The van der Waals surface area contributed by atoms with Crippen LogP contribution in [0.5, 0.6) is 0 Å². The first-order valence-electron chi connectivity index (χ1n) is 10.9. The molecule has 2 aliphatic rings. The van der Waals surface area contributed by atoms with Crippen molar-refractivity contribution in [3.05, 3.63) is 77.4 Å². The van der Waals surface area contributed by atoms with Gasteiger partial charge in [0.15, 0.2) is 5.82 Å². The van der Waals surface area contributed by atoms with Crippen molar-refractivity contribution in [1.29, 1.82) is 0 Å². The van der Waals surface area contributed by atoms with Crippen LogP contribution in [0.4, 0.5) is 20.7 Å². The van der Waals surface area contributed by atoms with E-state index in [1.165, 1.54) is 17.7 Å². The van der Waals surface area contributed by atoms with Crippen molar-refractivity contribution >= 4 is 23.1 Å². The second-order valence-electron chi connectivity index (χ2n) is 8.51. The van der Waals surface area contributed by atoms with E-state index in [-0.39, 0.29) is 17.7 Å². The third-order valence-corrected chi connectivity index (χ3v) is 6.13. The van der Waals surface area contributed by atoms with Gasteiger partial charge in [0, 0.05) is 37.9 Å². The molecule has 2 aromatic heterocycles. The fraction of sp³-hybridized carbons (Fsp3) is 0.240. The highest BCUT2D eigenvalue weighted by atomic mass is 19.1. The number of nitrogens with two attached hydrogens (primary N) is 1. The Balaban J connectivity index is 1.30. The van der Waals surface area contributed by atoms with Crippen LogP contribution < -0.4 is 11.1 Å². The van der Waals surface area contributed by atoms with Crippen molar-refractivity contribution < 1.29 is 9.18 Å². The van der Waals surface area contributed by atoms with E-state index in [1.807, 2.05) is 6.20 Å². The number of fused-ring (bicyclic) bond motifs is 1. The Morgan fingerprint density at radius 1 is 1.09 bits per heavy atom. The lowest BCUT2D eigenvalue weighted by molar-refractivity contribution is 0.212. The molecule has 5 rings (SSSR count). The number of hydrogen-bond acceptors (Lipinski definition) is 5. The zero-order chi connectivity index (χ0) is 22.9. The molecule has 4 heterocycles. The molecule has 33 heavy (non-hydrogen) atoms. The lowest BCUT2D eigenvalue weighted by Gasteiger charge is -2.21. The summed E-state index contributed by atoms with van der Waals surface area (Å²) in [4.78, 5) is 26.1. The third kappa shape index (κ3) is 4.42. The number of benzene rings is 1. The Labute approximate surface area is 191 Å². The lowest BCUT2D eigenvalue weighted by Crippen LogP contribution is -2.30. The van der Waals surface area contributed by atoms with Crippen LogP contribution in [-0.4, -0.2) is 45.9 Å². The summed E-state index contributed by atoms with van der Waals surface area (Å²) in [6.07, 6.45) is 5.07. The first-order valence-corrected chi connectivity index (χ1v) is 10.9. The van der Waals surface area contributed by atoms with E-state index in [9.17, 15) is 9.18 Å². The third-order valence-electron chi connectivity index (χ3n) is 6.13. The number of pyridine rings is 2. The molecule has 0 atom stereocenters. The van der Waals surface area contributed by atoms with E-state index in [0.29, 0.717) is 24.5 Å². The van der Waals surface area contributed by atoms with Crippen molar-refractivity contribution in [2.75, 3.05) is 31.2 Å². The number of carbonyl (C=O) groups excluding carboxylic acids is 1. The molecule has 2 amide bonds. The highest BCUT2D eigenvalue weighted by Crippen LogP contribution is 2.29. The minimum Gasteiger partial charge on any atom is -0.396 e. The number of rotatable bonds is 3. The highest BCUT2D eigenvalue weighted by Gasteiger charge is 2.25. The van der Waals surface area contributed by atoms with Crippen LogP contribution in [0.25, 0.3) is 16.8 Å². The summed E-state index contributed by atoms with van der Waals surface area (Å²) in [6, 6.07) is 11.3. The second kappa shape index (κ2) is 8.63. The molecule has 0 saturated carbocycles. The maximum Gasteiger partial charge on any atom is 0.323 e. The van der Waals surface area contributed by atoms with Crippen molar-refractivity contribution in [1.82, 2.24) is 19.8 Å². The average Bonchev–Trinajstić information content (AvgIpc) is 3.25. The number of aromatic nitrogens is 2. The molecular weight excluding hydrogens is 419 g/mol. The highest BCUT2D eigenvalue weighted by molar-refractivity contribution is 5.92. The van der Waals surface area contributed by atoms with Crippen LogP contribution in [-0.2, 0) is 13.1 Å². The molecule has 8 heteroatoms. The first kappa shape index (κ1) is 21.1. The molecule has 0 radical (unpaired) electrons. The van der Waals surface area contributed by atoms with Gasteiger partial charge in [-0.1, -0.05) is 6.08 Å². The molecule has 3 N–H and O–H groups in total. The number of nitrogen functional groups attached to an aromatic ring is 1. The number of carbonyl (C=O) groups is 1. The van der Waals surface area contributed by atoms with Crippen LogP contribution in [0.2, 0.25) is 0 Å². The van der Waals surface area contributed by atoms with Crippen LogP contribution in [0, 0.1) is 5.82 Å². The molecule has 0 aliphatic carbocycles. The van der Waals surface area contributed by atoms with Crippen LogP contribution in [0.3, 0.4) is 0 Å². The van der Waals surface area contributed by atoms with Gasteiger partial charge in [-0.3, -0.25) is 10.3 Å². The molecule has 0 spiro atoms. The van der Waals surface area contributed by atoms with Crippen LogP contribution >= 0.6 is 0 Å². The topological polar surface area (TPSA) is 87.4 Å². The Kier molecular flexibility index (Phi) is 5.51. The normalized spacial score (nSPS) is 15.8. The number of amides is 2. The first-order chi connectivity index (χ1) is 16.0. The van der Waals surface area contributed by atoms with Gasteiger partial charge in [0.2, 0.25) is 0 Å². The fourth-order valence-corrected chi connectivity index (χ4v) is 4.14. The van der Waals surface area contributed by atoms with E-state index >= 15 is 0 Å². The average molecular weight is 445 g/mol. The Hall–Kier alpha value is -3.78. The minimum absolute atomic E-state index is 0.276. The second-order valence-corrected chi connectivity index (χ2v) is 8.51. The van der Waals surface area contributed by atoms with Gasteiger partial charge >= 0.3 is 6.03 Å². The molecule has 168 valence electrons. The van der Waals surface area contributed by atoms with Gasteiger partial charge in [-0.05, 0) is 72.6 Å². The molecule has 0 saturated heterocycles. The zero-order valence-corrected chi connectivity index (χ0v) is 18.4. The Morgan fingerprint density at radius 2 is 1.88 bits per heavy atom. The van der Waals surface area contributed by atoms with Gasteiger partial charge in [0.05, 0.1) is 17.1 Å².